The standard InChI is InChI=1S/C12H16N2O6/c1-18-11(12(19-2)20-3)13-10(15)8-4-6-9(7-5-8)14(16)17/h4-7,11-12H,1-3H3,(H,13,15). The van der Waals surface area contributed by atoms with Crippen LogP contribution in [0.15, 0.2) is 24.3 Å². The van der Waals surface area contributed by atoms with E-state index >= 15 is 0 Å². The first-order chi connectivity index (χ1) is 9.53. The van der Waals surface area contributed by atoms with Crippen LogP contribution in [0.5, 0.6) is 0 Å². The lowest BCUT2D eigenvalue weighted by molar-refractivity contribution is -0.384. The van der Waals surface area contributed by atoms with Gasteiger partial charge in [0, 0.05) is 39.0 Å². The fraction of sp³-hybridized carbons (Fsp3) is 0.417. The van der Waals surface area contributed by atoms with E-state index in [0.29, 0.717) is 0 Å². The van der Waals surface area contributed by atoms with Crippen molar-refractivity contribution >= 4 is 11.6 Å². The van der Waals surface area contributed by atoms with E-state index in [1.807, 2.05) is 0 Å². The molecule has 1 N–H and O–H groups in total. The number of amides is 1. The molecule has 0 bridgehead atoms. The smallest absolute Gasteiger partial charge is 0.269 e. The van der Waals surface area contributed by atoms with E-state index in [-0.39, 0.29) is 11.3 Å². The van der Waals surface area contributed by atoms with Crippen LogP contribution in [0.4, 0.5) is 5.69 Å². The predicted molar refractivity (Wildman–Crippen MR) is 69.2 cm³/mol. The minimum absolute atomic E-state index is 0.0866. The molecule has 0 saturated heterocycles. The van der Waals surface area contributed by atoms with Gasteiger partial charge >= 0.3 is 0 Å². The largest absolute Gasteiger partial charge is 0.356 e. The Hall–Kier alpha value is -2.03. The molecule has 0 saturated carbocycles. The fourth-order valence-corrected chi connectivity index (χ4v) is 1.53. The van der Waals surface area contributed by atoms with E-state index in [1.54, 1.807) is 0 Å². The summed E-state index contributed by atoms with van der Waals surface area (Å²) in [6.07, 6.45) is -1.56. The Morgan fingerprint density at radius 2 is 1.70 bits per heavy atom. The average Bonchev–Trinajstić information content (AvgIpc) is 2.47. The average molecular weight is 284 g/mol. The zero-order valence-electron chi connectivity index (χ0n) is 11.4. The Morgan fingerprint density at radius 3 is 2.10 bits per heavy atom. The molecule has 0 aliphatic rings. The number of rotatable bonds is 7. The van der Waals surface area contributed by atoms with E-state index in [1.165, 1.54) is 45.6 Å². The third kappa shape index (κ3) is 3.98. The van der Waals surface area contributed by atoms with Crippen LogP contribution in [0.25, 0.3) is 0 Å². The van der Waals surface area contributed by atoms with Gasteiger partial charge in [-0.25, -0.2) is 0 Å². The first-order valence-electron chi connectivity index (χ1n) is 5.67. The third-order valence-electron chi connectivity index (χ3n) is 2.58. The van der Waals surface area contributed by atoms with Gasteiger partial charge < -0.3 is 19.5 Å². The summed E-state index contributed by atoms with van der Waals surface area (Å²) in [5.41, 5.74) is 0.181. The number of methoxy groups -OCH3 is 3. The molecule has 0 heterocycles. The van der Waals surface area contributed by atoms with Crippen LogP contribution < -0.4 is 5.32 Å². The predicted octanol–water partition coefficient (Wildman–Crippen LogP) is 0.916. The summed E-state index contributed by atoms with van der Waals surface area (Å²) in [4.78, 5) is 21.9. The van der Waals surface area contributed by atoms with Crippen LogP contribution in [-0.4, -0.2) is 44.7 Å². The highest BCUT2D eigenvalue weighted by Crippen LogP contribution is 2.12. The molecule has 1 amide bonds. The highest BCUT2D eigenvalue weighted by molar-refractivity contribution is 5.94. The molecule has 1 aromatic carbocycles. The molecule has 1 rings (SSSR count). The summed E-state index contributed by atoms with van der Waals surface area (Å²) in [7, 11) is 4.22. The van der Waals surface area contributed by atoms with E-state index in [2.05, 4.69) is 5.32 Å². The number of nitrogens with zero attached hydrogens (tertiary/aromatic N) is 1. The molecule has 0 spiro atoms. The number of carbonyl (C=O) groups is 1. The second-order valence-corrected chi connectivity index (χ2v) is 3.77. The van der Waals surface area contributed by atoms with Crippen molar-refractivity contribution in [1.29, 1.82) is 0 Å². The quantitative estimate of drug-likeness (QED) is 0.454. The van der Waals surface area contributed by atoms with Gasteiger partial charge in [0.25, 0.3) is 11.6 Å². The van der Waals surface area contributed by atoms with Crippen LogP contribution in [0.1, 0.15) is 10.4 Å². The van der Waals surface area contributed by atoms with Gasteiger partial charge in [-0.15, -0.1) is 0 Å². The first-order valence-corrected chi connectivity index (χ1v) is 5.67. The summed E-state index contributed by atoms with van der Waals surface area (Å²) in [6.45, 7) is 0. The number of hydrogen-bond donors (Lipinski definition) is 1. The summed E-state index contributed by atoms with van der Waals surface area (Å²) in [5.74, 6) is -0.453. The molecule has 0 radical (unpaired) electrons. The van der Waals surface area contributed by atoms with E-state index in [0.717, 1.165) is 0 Å². The number of nitrogens with one attached hydrogen (secondary N) is 1. The molecule has 1 atom stereocenters. The fourth-order valence-electron chi connectivity index (χ4n) is 1.53. The molecule has 8 nitrogen and oxygen atoms in total. The Labute approximate surface area is 115 Å². The maximum Gasteiger partial charge on any atom is 0.269 e. The van der Waals surface area contributed by atoms with Crippen molar-refractivity contribution in [3.8, 4) is 0 Å². The van der Waals surface area contributed by atoms with Crippen molar-refractivity contribution < 1.29 is 23.9 Å². The lowest BCUT2D eigenvalue weighted by atomic mass is 10.2. The zero-order chi connectivity index (χ0) is 15.1. The molecule has 0 aromatic heterocycles. The molecule has 1 aromatic rings. The van der Waals surface area contributed by atoms with Crippen LogP contribution in [0.3, 0.4) is 0 Å². The SMILES string of the molecule is COC(NC(=O)c1ccc([N+](=O)[O-])cc1)C(OC)OC. The van der Waals surface area contributed by atoms with Crippen LogP contribution in [-0.2, 0) is 14.2 Å². The van der Waals surface area contributed by atoms with Crippen LogP contribution >= 0.6 is 0 Å². The van der Waals surface area contributed by atoms with E-state index < -0.39 is 23.3 Å². The van der Waals surface area contributed by atoms with E-state index in [9.17, 15) is 14.9 Å². The summed E-state index contributed by atoms with van der Waals surface area (Å²) in [5, 5.41) is 13.1. The summed E-state index contributed by atoms with van der Waals surface area (Å²) in [6, 6.07) is 5.21. The second kappa shape index (κ2) is 7.53. The molecule has 8 heteroatoms. The van der Waals surface area contributed by atoms with Crippen LogP contribution in [0.2, 0.25) is 0 Å². The molecule has 0 aliphatic carbocycles. The van der Waals surface area contributed by atoms with Crippen molar-refractivity contribution in [2.24, 2.45) is 0 Å². The monoisotopic (exact) mass is 284 g/mol. The number of benzene rings is 1. The maximum absolute atomic E-state index is 12.0. The number of non-ortho nitro benzene ring substituents is 1. The number of carbonyl (C=O) groups excluding carboxylic acids is 1. The normalized spacial score (nSPS) is 12.2. The van der Waals surface area contributed by atoms with Crippen LogP contribution in [0, 0.1) is 10.1 Å². The number of nitro groups is 1. The lowest BCUT2D eigenvalue weighted by Gasteiger charge is -2.24. The minimum Gasteiger partial charge on any atom is -0.356 e. The maximum atomic E-state index is 12.0. The molecule has 20 heavy (non-hydrogen) atoms. The Morgan fingerprint density at radius 1 is 1.15 bits per heavy atom. The first kappa shape index (κ1) is 16.0. The van der Waals surface area contributed by atoms with Crippen molar-refractivity contribution in [2.45, 2.75) is 12.5 Å². The molecule has 0 fully saturated rings. The zero-order valence-corrected chi connectivity index (χ0v) is 11.4. The molecule has 0 aliphatic heterocycles. The molecule has 1 unspecified atom stereocenters. The number of ether oxygens (including phenoxy) is 3. The number of nitro benzene ring substituents is 1. The molecular formula is C12H16N2O6. The van der Waals surface area contributed by atoms with Gasteiger partial charge in [0.05, 0.1) is 4.92 Å². The summed E-state index contributed by atoms with van der Waals surface area (Å²) < 4.78 is 15.0. The van der Waals surface area contributed by atoms with Gasteiger partial charge in [-0.2, -0.15) is 0 Å². The highest BCUT2D eigenvalue weighted by Gasteiger charge is 2.23. The van der Waals surface area contributed by atoms with Gasteiger partial charge in [-0.1, -0.05) is 0 Å². The highest BCUT2D eigenvalue weighted by atomic mass is 16.7. The third-order valence-corrected chi connectivity index (χ3v) is 2.58. The van der Waals surface area contributed by atoms with Crippen molar-refractivity contribution in [3.63, 3.8) is 0 Å². The minimum atomic E-state index is -0.798. The molecule has 110 valence electrons. The van der Waals surface area contributed by atoms with Crippen molar-refractivity contribution in [3.05, 3.63) is 39.9 Å². The topological polar surface area (TPSA) is 99.9 Å². The number of hydrogen-bond acceptors (Lipinski definition) is 6. The van der Waals surface area contributed by atoms with Gasteiger partial charge in [-0.05, 0) is 12.1 Å². The molecular weight excluding hydrogens is 268 g/mol. The van der Waals surface area contributed by atoms with Crippen molar-refractivity contribution in [2.75, 3.05) is 21.3 Å². The van der Waals surface area contributed by atoms with Gasteiger partial charge in [0.1, 0.15) is 0 Å². The van der Waals surface area contributed by atoms with E-state index in [4.69, 9.17) is 14.2 Å². The Balaban J connectivity index is 2.76. The van der Waals surface area contributed by atoms with Crippen molar-refractivity contribution in [1.82, 2.24) is 5.32 Å². The van der Waals surface area contributed by atoms with Gasteiger partial charge in [0.2, 0.25) is 6.29 Å². The Kier molecular flexibility index (Phi) is 6.04. The Bertz CT molecular complexity index is 458. The lowest BCUT2D eigenvalue weighted by Crippen LogP contribution is -2.46. The van der Waals surface area contributed by atoms with Gasteiger partial charge in [-0.3, -0.25) is 14.9 Å². The van der Waals surface area contributed by atoms with Gasteiger partial charge in [0.15, 0.2) is 6.23 Å². The second-order valence-electron chi connectivity index (χ2n) is 3.77. The summed E-state index contributed by atoms with van der Waals surface area (Å²) >= 11 is 0.